The maximum atomic E-state index is 12.8. The lowest BCUT2D eigenvalue weighted by Gasteiger charge is -2.37. The van der Waals surface area contributed by atoms with Gasteiger partial charge < -0.3 is 9.47 Å². The molecule has 170 valence electrons. The van der Waals surface area contributed by atoms with E-state index in [9.17, 15) is 19.2 Å². The smallest absolute Gasteiger partial charge is 0.347 e. The predicted octanol–water partition coefficient (Wildman–Crippen LogP) is 5.51. The lowest BCUT2D eigenvalue weighted by molar-refractivity contribution is 0.0426. The van der Waals surface area contributed by atoms with Gasteiger partial charge in [0.05, 0.1) is 22.3 Å². The second-order valence-corrected chi connectivity index (χ2v) is 9.22. The van der Waals surface area contributed by atoms with Crippen molar-refractivity contribution in [1.82, 2.24) is 0 Å². The van der Waals surface area contributed by atoms with Crippen molar-refractivity contribution in [2.24, 2.45) is 0 Å². The molecule has 6 nitrogen and oxygen atoms in total. The Morgan fingerprint density at radius 2 is 0.909 bits per heavy atom. The van der Waals surface area contributed by atoms with Crippen molar-refractivity contribution < 1.29 is 28.7 Å². The third kappa shape index (κ3) is 3.58. The summed E-state index contributed by atoms with van der Waals surface area (Å²) in [5.41, 5.74) is 1.79. The molecular weight excluding hydrogens is 420 g/mol. The molecule has 6 heteroatoms. The quantitative estimate of drug-likeness (QED) is 0.447. The SMILES string of the molecule is O=C1OC(=O)c2c1cccc2C1(c2cccc3c2C(=O)OC3=O)CCCCCCCCCC1. The highest BCUT2D eigenvalue weighted by molar-refractivity contribution is 6.17. The Hall–Kier alpha value is -3.28. The first-order chi connectivity index (χ1) is 16.0. The summed E-state index contributed by atoms with van der Waals surface area (Å²) in [6, 6.07) is 10.5. The van der Waals surface area contributed by atoms with Gasteiger partial charge in [-0.15, -0.1) is 0 Å². The van der Waals surface area contributed by atoms with E-state index < -0.39 is 29.3 Å². The van der Waals surface area contributed by atoms with Crippen LogP contribution in [0.3, 0.4) is 0 Å². The molecule has 2 aromatic rings. The fourth-order valence-electron chi connectivity index (χ4n) is 5.79. The number of hydrogen-bond donors (Lipinski definition) is 0. The van der Waals surface area contributed by atoms with E-state index >= 15 is 0 Å². The zero-order chi connectivity index (χ0) is 23.0. The van der Waals surface area contributed by atoms with Gasteiger partial charge in [0.25, 0.3) is 0 Å². The molecule has 33 heavy (non-hydrogen) atoms. The van der Waals surface area contributed by atoms with Crippen LogP contribution in [-0.2, 0) is 14.9 Å². The molecule has 5 rings (SSSR count). The summed E-state index contributed by atoms with van der Waals surface area (Å²) in [5.74, 6) is -2.58. The van der Waals surface area contributed by atoms with Gasteiger partial charge in [0.2, 0.25) is 0 Å². The molecule has 1 fully saturated rings. The molecule has 0 spiro atoms. The predicted molar refractivity (Wildman–Crippen MR) is 119 cm³/mol. The topological polar surface area (TPSA) is 86.7 Å². The van der Waals surface area contributed by atoms with Gasteiger partial charge in [-0.1, -0.05) is 75.6 Å². The first-order valence-electron chi connectivity index (χ1n) is 11.8. The Bertz CT molecular complexity index is 1070. The number of fused-ring (bicyclic) bond motifs is 2. The van der Waals surface area contributed by atoms with Crippen LogP contribution in [0.15, 0.2) is 36.4 Å². The molecule has 0 aromatic heterocycles. The highest BCUT2D eigenvalue weighted by Crippen LogP contribution is 2.48. The molecule has 0 amide bonds. The molecular formula is C27H26O6. The molecule has 0 N–H and O–H groups in total. The summed E-state index contributed by atoms with van der Waals surface area (Å²) < 4.78 is 9.94. The van der Waals surface area contributed by atoms with E-state index in [0.29, 0.717) is 24.0 Å². The minimum absolute atomic E-state index is 0.262. The molecule has 0 unspecified atom stereocenters. The monoisotopic (exact) mass is 446 g/mol. The number of carbonyl (C=O) groups is 4. The average Bonchev–Trinajstić information content (AvgIpc) is 3.25. The number of esters is 4. The van der Waals surface area contributed by atoms with E-state index in [-0.39, 0.29) is 22.3 Å². The fourth-order valence-corrected chi connectivity index (χ4v) is 5.79. The largest absolute Gasteiger partial charge is 0.386 e. The summed E-state index contributed by atoms with van der Waals surface area (Å²) in [6.45, 7) is 0. The van der Waals surface area contributed by atoms with E-state index in [2.05, 4.69) is 0 Å². The zero-order valence-electron chi connectivity index (χ0n) is 18.5. The van der Waals surface area contributed by atoms with Crippen molar-refractivity contribution in [2.75, 3.05) is 0 Å². The van der Waals surface area contributed by atoms with Crippen molar-refractivity contribution in [1.29, 1.82) is 0 Å². The van der Waals surface area contributed by atoms with Crippen LogP contribution in [0.1, 0.15) is 117 Å². The first-order valence-corrected chi connectivity index (χ1v) is 11.8. The van der Waals surface area contributed by atoms with Crippen molar-refractivity contribution in [2.45, 2.75) is 69.6 Å². The van der Waals surface area contributed by atoms with Crippen LogP contribution in [0, 0.1) is 0 Å². The summed E-state index contributed by atoms with van der Waals surface area (Å²) in [6.07, 6.45) is 9.96. The molecule has 2 heterocycles. The van der Waals surface area contributed by atoms with Gasteiger partial charge >= 0.3 is 23.9 Å². The molecule has 1 saturated carbocycles. The van der Waals surface area contributed by atoms with E-state index in [0.717, 1.165) is 38.5 Å². The van der Waals surface area contributed by atoms with E-state index in [1.54, 1.807) is 24.3 Å². The van der Waals surface area contributed by atoms with Gasteiger partial charge in [-0.3, -0.25) is 0 Å². The van der Waals surface area contributed by atoms with E-state index in [4.69, 9.17) is 9.47 Å². The van der Waals surface area contributed by atoms with Crippen molar-refractivity contribution in [3.63, 3.8) is 0 Å². The standard InChI is InChI=1S/C27H26O6/c28-23-17-11-9-13-19(21(17)25(30)32-23)27(15-7-5-3-1-2-4-6-8-16-27)20-14-10-12-18-22(20)26(31)33-24(18)29/h9-14H,1-8,15-16H2. The molecule has 0 radical (unpaired) electrons. The summed E-state index contributed by atoms with van der Waals surface area (Å²) >= 11 is 0. The van der Waals surface area contributed by atoms with Crippen LogP contribution in [0.2, 0.25) is 0 Å². The van der Waals surface area contributed by atoms with Crippen LogP contribution in [0.4, 0.5) is 0 Å². The summed E-state index contributed by atoms with van der Waals surface area (Å²) in [4.78, 5) is 50.3. The van der Waals surface area contributed by atoms with Gasteiger partial charge in [0.1, 0.15) is 0 Å². The second-order valence-electron chi connectivity index (χ2n) is 9.22. The minimum Gasteiger partial charge on any atom is -0.386 e. The molecule has 2 aromatic carbocycles. The maximum absolute atomic E-state index is 12.8. The number of cyclic esters (lactones) is 4. The minimum atomic E-state index is -0.714. The average molecular weight is 446 g/mol. The first kappa shape index (κ1) is 21.6. The Morgan fingerprint density at radius 1 is 0.515 bits per heavy atom. The van der Waals surface area contributed by atoms with Crippen molar-refractivity contribution in [3.05, 3.63) is 69.8 Å². The lowest BCUT2D eigenvalue weighted by atomic mass is 9.65. The zero-order valence-corrected chi connectivity index (χ0v) is 18.5. The molecule has 2 aliphatic heterocycles. The summed E-state index contributed by atoms with van der Waals surface area (Å²) in [5, 5.41) is 0. The normalized spacial score (nSPS) is 20.5. The maximum Gasteiger partial charge on any atom is 0.347 e. The summed E-state index contributed by atoms with van der Waals surface area (Å²) in [7, 11) is 0. The Kier molecular flexibility index (Phi) is 5.60. The molecule has 0 atom stereocenters. The van der Waals surface area contributed by atoms with Gasteiger partial charge in [-0.05, 0) is 36.1 Å². The van der Waals surface area contributed by atoms with Crippen LogP contribution in [-0.4, -0.2) is 23.9 Å². The van der Waals surface area contributed by atoms with Gasteiger partial charge in [-0.2, -0.15) is 0 Å². The third-order valence-corrected chi connectivity index (χ3v) is 7.34. The Morgan fingerprint density at radius 3 is 1.33 bits per heavy atom. The lowest BCUT2D eigenvalue weighted by Crippen LogP contribution is -2.32. The number of carbonyl (C=O) groups excluding carboxylic acids is 4. The highest BCUT2D eigenvalue weighted by Gasteiger charge is 2.45. The number of benzene rings is 2. The van der Waals surface area contributed by atoms with Crippen LogP contribution < -0.4 is 0 Å². The van der Waals surface area contributed by atoms with Crippen molar-refractivity contribution in [3.8, 4) is 0 Å². The number of ether oxygens (including phenoxy) is 2. The molecule has 3 aliphatic rings. The van der Waals surface area contributed by atoms with Crippen molar-refractivity contribution >= 4 is 23.9 Å². The van der Waals surface area contributed by atoms with E-state index in [1.807, 2.05) is 12.1 Å². The van der Waals surface area contributed by atoms with E-state index in [1.165, 1.54) is 12.8 Å². The Labute approximate surface area is 192 Å². The second kappa shape index (κ2) is 8.58. The van der Waals surface area contributed by atoms with Gasteiger partial charge in [0.15, 0.2) is 0 Å². The van der Waals surface area contributed by atoms with Gasteiger partial charge in [0, 0.05) is 5.41 Å². The van der Waals surface area contributed by atoms with Crippen LogP contribution in [0.25, 0.3) is 0 Å². The molecule has 0 bridgehead atoms. The Balaban J connectivity index is 1.76. The third-order valence-electron chi connectivity index (χ3n) is 7.34. The van der Waals surface area contributed by atoms with Crippen LogP contribution >= 0.6 is 0 Å². The number of rotatable bonds is 2. The van der Waals surface area contributed by atoms with Gasteiger partial charge in [-0.25, -0.2) is 19.2 Å². The number of hydrogen-bond acceptors (Lipinski definition) is 6. The highest BCUT2D eigenvalue weighted by atomic mass is 16.6. The fraction of sp³-hybridized carbons (Fsp3) is 0.407. The van der Waals surface area contributed by atoms with Crippen LogP contribution in [0.5, 0.6) is 0 Å². The molecule has 1 aliphatic carbocycles. The molecule has 0 saturated heterocycles.